The minimum absolute atomic E-state index is 0.152. The molecule has 1 aliphatic heterocycles. The number of aromatic nitrogens is 2. The molecule has 0 atom stereocenters. The van der Waals surface area contributed by atoms with E-state index in [4.69, 9.17) is 9.26 Å². The molecule has 0 unspecified atom stereocenters. The van der Waals surface area contributed by atoms with Gasteiger partial charge in [-0.15, -0.1) is 11.8 Å². The number of hydrogen-bond acceptors (Lipinski definition) is 7. The summed E-state index contributed by atoms with van der Waals surface area (Å²) in [6, 6.07) is 13.8. The van der Waals surface area contributed by atoms with Gasteiger partial charge in [0.2, 0.25) is 0 Å². The highest BCUT2D eigenvalue weighted by Crippen LogP contribution is 2.27. The van der Waals surface area contributed by atoms with E-state index in [9.17, 15) is 9.59 Å². The first kappa shape index (κ1) is 24.0. The number of amides is 1. The predicted molar refractivity (Wildman–Crippen MR) is 130 cm³/mol. The van der Waals surface area contributed by atoms with Crippen LogP contribution < -0.4 is 0 Å². The van der Waals surface area contributed by atoms with E-state index in [1.807, 2.05) is 19.9 Å². The summed E-state index contributed by atoms with van der Waals surface area (Å²) in [7, 11) is 0. The van der Waals surface area contributed by atoms with Crippen LogP contribution in [0.2, 0.25) is 0 Å². The van der Waals surface area contributed by atoms with Crippen LogP contribution in [-0.4, -0.2) is 46.6 Å². The number of rotatable bonds is 8. The largest absolute Gasteiger partial charge is 0.452 e. The van der Waals surface area contributed by atoms with E-state index in [0.29, 0.717) is 35.3 Å². The van der Waals surface area contributed by atoms with E-state index in [2.05, 4.69) is 34.4 Å². The maximum Gasteiger partial charge on any atom is 0.341 e. The molecule has 1 amide bonds. The van der Waals surface area contributed by atoms with Crippen molar-refractivity contribution in [3.05, 3.63) is 76.8 Å². The molecule has 0 spiro atoms. The van der Waals surface area contributed by atoms with Gasteiger partial charge in [-0.3, -0.25) is 4.79 Å². The van der Waals surface area contributed by atoms with Gasteiger partial charge in [0.05, 0.1) is 11.3 Å². The van der Waals surface area contributed by atoms with E-state index in [-0.39, 0.29) is 12.5 Å². The summed E-state index contributed by atoms with van der Waals surface area (Å²) < 4.78 is 10.6. The van der Waals surface area contributed by atoms with Crippen molar-refractivity contribution in [2.24, 2.45) is 5.92 Å². The fourth-order valence-electron chi connectivity index (χ4n) is 4.14. The Morgan fingerprint density at radius 2 is 1.88 bits per heavy atom. The van der Waals surface area contributed by atoms with Crippen molar-refractivity contribution in [2.45, 2.75) is 43.9 Å². The number of esters is 1. The highest BCUT2D eigenvalue weighted by molar-refractivity contribution is 7.98. The van der Waals surface area contributed by atoms with Crippen LogP contribution in [0.4, 0.5) is 0 Å². The Balaban J connectivity index is 1.26. The summed E-state index contributed by atoms with van der Waals surface area (Å²) >= 11 is 1.42. The molecule has 1 aromatic carbocycles. The number of benzene rings is 1. The number of pyridine rings is 1. The lowest BCUT2D eigenvalue weighted by Crippen LogP contribution is -2.41. The molecule has 4 rings (SSSR count). The topological polar surface area (TPSA) is 85.5 Å². The third-order valence-electron chi connectivity index (χ3n) is 6.19. The molecule has 1 aliphatic rings. The normalized spacial score (nSPS) is 14.2. The number of aryl methyl sites for hydroxylation is 2. The highest BCUT2D eigenvalue weighted by Gasteiger charge is 2.24. The average Bonchev–Trinajstić information content (AvgIpc) is 3.19. The molecule has 0 bridgehead atoms. The molecule has 1 saturated heterocycles. The number of carbonyl (C=O) groups is 2. The van der Waals surface area contributed by atoms with Crippen LogP contribution in [0.1, 0.15) is 45.8 Å². The van der Waals surface area contributed by atoms with E-state index in [1.54, 1.807) is 23.2 Å². The third kappa shape index (κ3) is 6.05. The molecule has 0 radical (unpaired) electrons. The predicted octanol–water partition coefficient (Wildman–Crippen LogP) is 4.62. The molecule has 1 fully saturated rings. The second kappa shape index (κ2) is 11.3. The average molecular weight is 480 g/mol. The fourth-order valence-corrected chi connectivity index (χ4v) is 5.28. The maximum absolute atomic E-state index is 12.7. The van der Waals surface area contributed by atoms with E-state index < -0.39 is 5.97 Å². The number of nitrogens with zero attached hydrogens (tertiary/aromatic N) is 3. The summed E-state index contributed by atoms with van der Waals surface area (Å²) in [6.07, 6.45) is 4.59. The maximum atomic E-state index is 12.7. The van der Waals surface area contributed by atoms with Gasteiger partial charge in [-0.25, -0.2) is 9.78 Å². The van der Waals surface area contributed by atoms with Crippen molar-refractivity contribution >= 4 is 23.6 Å². The zero-order valence-corrected chi connectivity index (χ0v) is 20.3. The van der Waals surface area contributed by atoms with Crippen LogP contribution in [0.25, 0.3) is 0 Å². The van der Waals surface area contributed by atoms with Gasteiger partial charge in [0.25, 0.3) is 5.91 Å². The van der Waals surface area contributed by atoms with Crippen LogP contribution in [-0.2, 0) is 21.7 Å². The molecule has 3 aromatic rings. The first-order valence-corrected chi connectivity index (χ1v) is 12.5. The van der Waals surface area contributed by atoms with Gasteiger partial charge in [-0.2, -0.15) is 0 Å². The molecule has 8 heteroatoms. The van der Waals surface area contributed by atoms with Crippen LogP contribution >= 0.6 is 11.8 Å². The van der Waals surface area contributed by atoms with Crippen molar-refractivity contribution in [1.29, 1.82) is 0 Å². The van der Waals surface area contributed by atoms with Crippen molar-refractivity contribution < 1.29 is 18.8 Å². The van der Waals surface area contributed by atoms with E-state index in [1.165, 1.54) is 17.3 Å². The number of carbonyl (C=O) groups excluding carboxylic acids is 2. The summed E-state index contributed by atoms with van der Waals surface area (Å²) in [4.78, 5) is 31.5. The molecule has 3 heterocycles. The summed E-state index contributed by atoms with van der Waals surface area (Å²) in [5.74, 6) is 1.21. The number of thioether (sulfide) groups is 1. The monoisotopic (exact) mass is 479 g/mol. The summed E-state index contributed by atoms with van der Waals surface area (Å²) in [5, 5.41) is 4.52. The minimum Gasteiger partial charge on any atom is -0.452 e. The number of hydrogen-bond donors (Lipinski definition) is 0. The van der Waals surface area contributed by atoms with Crippen LogP contribution in [0, 0.1) is 19.8 Å². The smallest absolute Gasteiger partial charge is 0.341 e. The first-order valence-electron chi connectivity index (χ1n) is 11.5. The number of likely N-dealkylation sites (tertiary alicyclic amines) is 1. The lowest BCUT2D eigenvalue weighted by molar-refractivity contribution is -0.135. The van der Waals surface area contributed by atoms with Crippen LogP contribution in [0.3, 0.4) is 0 Å². The summed E-state index contributed by atoms with van der Waals surface area (Å²) in [5.41, 5.74) is 3.50. The Morgan fingerprint density at radius 1 is 1.12 bits per heavy atom. The van der Waals surface area contributed by atoms with Crippen molar-refractivity contribution in [3.63, 3.8) is 0 Å². The van der Waals surface area contributed by atoms with Gasteiger partial charge in [0, 0.05) is 30.6 Å². The standard InChI is InChI=1S/C26H29N3O4S/c1-18-23(19(2)33-28-18)17-34-25-22(9-6-12-27-25)26(31)32-16-24(30)29-13-10-21(11-14-29)15-20-7-4-3-5-8-20/h3-9,12,21H,10-11,13-17H2,1-2H3. The molecule has 0 N–H and O–H groups in total. The Morgan fingerprint density at radius 3 is 2.59 bits per heavy atom. The van der Waals surface area contributed by atoms with Gasteiger partial charge in [-0.05, 0) is 56.7 Å². The van der Waals surface area contributed by atoms with Crippen LogP contribution in [0.5, 0.6) is 0 Å². The van der Waals surface area contributed by atoms with Crippen molar-refractivity contribution in [2.75, 3.05) is 19.7 Å². The van der Waals surface area contributed by atoms with Crippen LogP contribution in [0.15, 0.2) is 58.2 Å². The molecular weight excluding hydrogens is 450 g/mol. The van der Waals surface area contributed by atoms with E-state index >= 15 is 0 Å². The molecule has 0 saturated carbocycles. The summed E-state index contributed by atoms with van der Waals surface area (Å²) in [6.45, 7) is 4.87. The fraction of sp³-hybridized carbons (Fsp3) is 0.385. The lowest BCUT2D eigenvalue weighted by atomic mass is 9.90. The van der Waals surface area contributed by atoms with Gasteiger partial charge >= 0.3 is 5.97 Å². The van der Waals surface area contributed by atoms with Gasteiger partial charge in [0.15, 0.2) is 6.61 Å². The minimum atomic E-state index is -0.540. The van der Waals surface area contributed by atoms with Gasteiger partial charge in [0.1, 0.15) is 10.8 Å². The Bertz CT molecular complexity index is 1100. The Labute approximate surface area is 203 Å². The van der Waals surface area contributed by atoms with Crippen molar-refractivity contribution in [3.8, 4) is 0 Å². The SMILES string of the molecule is Cc1noc(C)c1CSc1ncccc1C(=O)OCC(=O)N1CCC(Cc2ccccc2)CC1. The molecule has 2 aromatic heterocycles. The zero-order valence-electron chi connectivity index (χ0n) is 19.5. The van der Waals surface area contributed by atoms with Crippen molar-refractivity contribution in [1.82, 2.24) is 15.0 Å². The van der Waals surface area contributed by atoms with Gasteiger partial charge in [-0.1, -0.05) is 35.5 Å². The second-order valence-corrected chi connectivity index (χ2v) is 9.50. The third-order valence-corrected chi connectivity index (χ3v) is 7.22. The zero-order chi connectivity index (χ0) is 23.9. The quantitative estimate of drug-likeness (QED) is 0.344. The molecule has 7 nitrogen and oxygen atoms in total. The van der Waals surface area contributed by atoms with Gasteiger partial charge < -0.3 is 14.2 Å². The molecule has 34 heavy (non-hydrogen) atoms. The first-order chi connectivity index (χ1) is 16.5. The molecule has 178 valence electrons. The number of piperidine rings is 1. The molecular formula is C26H29N3O4S. The second-order valence-electron chi connectivity index (χ2n) is 8.54. The Kier molecular flexibility index (Phi) is 8.00. The number of ether oxygens (including phenoxy) is 1. The Hall–Kier alpha value is -3.13. The highest BCUT2D eigenvalue weighted by atomic mass is 32.2. The lowest BCUT2D eigenvalue weighted by Gasteiger charge is -2.32. The van der Waals surface area contributed by atoms with E-state index in [0.717, 1.165) is 36.3 Å². The molecule has 0 aliphatic carbocycles.